The van der Waals surface area contributed by atoms with Crippen LogP contribution in [0, 0.1) is 11.8 Å². The molecule has 3 N–H and O–H groups in total. The standard InChI is InChI=1S/C15H33N3O3S.HI/c1-5-16-15(17-8-6-10-22(4,20)21)18-12-14(7-9-19)11-13(2)3;/h13-14,19H,5-12H2,1-4H3,(H2,16,17,18);1H. The summed E-state index contributed by atoms with van der Waals surface area (Å²) in [7, 11) is -2.91. The second kappa shape index (κ2) is 14.3. The molecule has 140 valence electrons. The Kier molecular flexibility index (Phi) is 15.6. The zero-order valence-corrected chi connectivity index (χ0v) is 18.0. The molecule has 0 aromatic rings. The predicted molar refractivity (Wildman–Crippen MR) is 108 cm³/mol. The van der Waals surface area contributed by atoms with Gasteiger partial charge in [0.25, 0.3) is 0 Å². The number of aliphatic hydroxyl groups excluding tert-OH is 1. The van der Waals surface area contributed by atoms with Crippen molar-refractivity contribution >= 4 is 39.8 Å². The number of halogens is 1. The normalized spacial score (nSPS) is 13.6. The minimum atomic E-state index is -2.91. The molecule has 0 bridgehead atoms. The SMILES string of the molecule is CCNC(=NCC(CCO)CC(C)C)NCCCS(C)(=O)=O.I. The van der Waals surface area contributed by atoms with Crippen LogP contribution >= 0.6 is 24.0 Å². The number of aliphatic hydroxyl groups is 1. The highest BCUT2D eigenvalue weighted by atomic mass is 127. The smallest absolute Gasteiger partial charge is 0.191 e. The zero-order valence-electron chi connectivity index (χ0n) is 14.8. The molecule has 0 aliphatic carbocycles. The van der Waals surface area contributed by atoms with Gasteiger partial charge in [-0.1, -0.05) is 13.8 Å². The van der Waals surface area contributed by atoms with E-state index in [2.05, 4.69) is 29.5 Å². The number of guanidine groups is 1. The van der Waals surface area contributed by atoms with Gasteiger partial charge in [-0.25, -0.2) is 8.42 Å². The van der Waals surface area contributed by atoms with E-state index in [0.29, 0.717) is 37.3 Å². The Morgan fingerprint density at radius 1 is 1.26 bits per heavy atom. The molecule has 0 fully saturated rings. The first-order chi connectivity index (χ1) is 10.3. The Hall–Kier alpha value is -0.0900. The van der Waals surface area contributed by atoms with E-state index in [1.54, 1.807) is 0 Å². The van der Waals surface area contributed by atoms with Crippen molar-refractivity contribution in [2.75, 3.05) is 38.2 Å². The molecular formula is C15H34IN3O3S. The molecule has 0 aromatic carbocycles. The van der Waals surface area contributed by atoms with Gasteiger partial charge in [0.1, 0.15) is 9.84 Å². The van der Waals surface area contributed by atoms with Crippen LogP contribution in [0.3, 0.4) is 0 Å². The van der Waals surface area contributed by atoms with Gasteiger partial charge in [0.05, 0.1) is 5.75 Å². The summed E-state index contributed by atoms with van der Waals surface area (Å²) >= 11 is 0. The van der Waals surface area contributed by atoms with Crippen molar-refractivity contribution in [1.29, 1.82) is 0 Å². The molecular weight excluding hydrogens is 429 g/mol. The molecule has 0 aromatic heterocycles. The van der Waals surface area contributed by atoms with Gasteiger partial charge in [0.2, 0.25) is 0 Å². The third-order valence-electron chi connectivity index (χ3n) is 3.18. The van der Waals surface area contributed by atoms with E-state index in [0.717, 1.165) is 19.4 Å². The minimum Gasteiger partial charge on any atom is -0.396 e. The van der Waals surface area contributed by atoms with Crippen molar-refractivity contribution in [3.63, 3.8) is 0 Å². The molecule has 0 radical (unpaired) electrons. The van der Waals surface area contributed by atoms with Crippen LogP contribution in [0.15, 0.2) is 4.99 Å². The summed E-state index contributed by atoms with van der Waals surface area (Å²) in [6, 6.07) is 0. The fourth-order valence-corrected chi connectivity index (χ4v) is 2.90. The topological polar surface area (TPSA) is 90.8 Å². The zero-order chi connectivity index (χ0) is 17.0. The maximum Gasteiger partial charge on any atom is 0.191 e. The molecule has 0 saturated carbocycles. The molecule has 0 aliphatic heterocycles. The fraction of sp³-hybridized carbons (Fsp3) is 0.933. The van der Waals surface area contributed by atoms with Gasteiger partial charge >= 0.3 is 0 Å². The lowest BCUT2D eigenvalue weighted by molar-refractivity contribution is 0.245. The first-order valence-corrected chi connectivity index (χ1v) is 10.1. The van der Waals surface area contributed by atoms with Crippen LogP contribution < -0.4 is 10.6 Å². The molecule has 0 heterocycles. The quantitative estimate of drug-likeness (QED) is 0.188. The number of hydrogen-bond donors (Lipinski definition) is 3. The lowest BCUT2D eigenvalue weighted by atomic mass is 9.94. The molecule has 0 amide bonds. The van der Waals surface area contributed by atoms with Crippen LogP contribution in [-0.2, 0) is 9.84 Å². The Bertz CT molecular complexity index is 414. The van der Waals surface area contributed by atoms with Crippen molar-refractivity contribution < 1.29 is 13.5 Å². The fourth-order valence-electron chi connectivity index (χ4n) is 2.24. The number of sulfone groups is 1. The molecule has 1 unspecified atom stereocenters. The van der Waals surface area contributed by atoms with Crippen LogP contribution in [0.2, 0.25) is 0 Å². The summed E-state index contributed by atoms with van der Waals surface area (Å²) in [5, 5.41) is 15.4. The van der Waals surface area contributed by atoms with Crippen molar-refractivity contribution in [1.82, 2.24) is 10.6 Å². The molecule has 23 heavy (non-hydrogen) atoms. The van der Waals surface area contributed by atoms with Crippen LogP contribution in [-0.4, -0.2) is 57.7 Å². The van der Waals surface area contributed by atoms with E-state index in [1.807, 2.05) is 6.92 Å². The van der Waals surface area contributed by atoms with Gasteiger partial charge in [-0.2, -0.15) is 0 Å². The van der Waals surface area contributed by atoms with E-state index < -0.39 is 9.84 Å². The Morgan fingerprint density at radius 3 is 2.39 bits per heavy atom. The summed E-state index contributed by atoms with van der Waals surface area (Å²) in [6.45, 7) is 8.52. The molecule has 0 aliphatic rings. The summed E-state index contributed by atoms with van der Waals surface area (Å²) < 4.78 is 22.2. The molecule has 0 spiro atoms. The summed E-state index contributed by atoms with van der Waals surface area (Å²) in [6.07, 6.45) is 3.61. The third kappa shape index (κ3) is 16.5. The minimum absolute atomic E-state index is 0. The van der Waals surface area contributed by atoms with Gasteiger partial charge in [-0.15, -0.1) is 24.0 Å². The lowest BCUT2D eigenvalue weighted by Crippen LogP contribution is -2.38. The Balaban J connectivity index is 0. The van der Waals surface area contributed by atoms with E-state index >= 15 is 0 Å². The van der Waals surface area contributed by atoms with Crippen LogP contribution in [0.25, 0.3) is 0 Å². The van der Waals surface area contributed by atoms with E-state index in [9.17, 15) is 8.42 Å². The average Bonchev–Trinajstić information content (AvgIpc) is 2.39. The van der Waals surface area contributed by atoms with Crippen LogP contribution in [0.1, 0.15) is 40.0 Å². The molecule has 6 nitrogen and oxygen atoms in total. The van der Waals surface area contributed by atoms with Crippen molar-refractivity contribution in [2.24, 2.45) is 16.8 Å². The second-order valence-electron chi connectivity index (χ2n) is 6.14. The maximum atomic E-state index is 11.1. The molecule has 0 rings (SSSR count). The van der Waals surface area contributed by atoms with Gasteiger partial charge in [0, 0.05) is 32.5 Å². The van der Waals surface area contributed by atoms with Crippen LogP contribution in [0.4, 0.5) is 0 Å². The number of aliphatic imine (C=N–C) groups is 1. The number of nitrogens with one attached hydrogen (secondary N) is 2. The third-order valence-corrected chi connectivity index (χ3v) is 4.21. The summed E-state index contributed by atoms with van der Waals surface area (Å²) in [4.78, 5) is 4.55. The monoisotopic (exact) mass is 463 g/mol. The summed E-state index contributed by atoms with van der Waals surface area (Å²) in [5.41, 5.74) is 0. The number of nitrogens with zero attached hydrogens (tertiary/aromatic N) is 1. The first kappa shape index (κ1) is 25.2. The molecule has 0 saturated heterocycles. The number of rotatable bonds is 11. The molecule has 1 atom stereocenters. The van der Waals surface area contributed by atoms with Crippen LogP contribution in [0.5, 0.6) is 0 Å². The van der Waals surface area contributed by atoms with Gasteiger partial charge in [-0.3, -0.25) is 4.99 Å². The lowest BCUT2D eigenvalue weighted by Gasteiger charge is -2.17. The summed E-state index contributed by atoms with van der Waals surface area (Å²) in [5.74, 6) is 1.84. The van der Waals surface area contributed by atoms with E-state index in [-0.39, 0.29) is 36.3 Å². The van der Waals surface area contributed by atoms with Gasteiger partial charge in [-0.05, 0) is 38.0 Å². The average molecular weight is 463 g/mol. The largest absolute Gasteiger partial charge is 0.396 e. The van der Waals surface area contributed by atoms with E-state index in [4.69, 9.17) is 5.11 Å². The molecule has 8 heteroatoms. The predicted octanol–water partition coefficient (Wildman–Crippen LogP) is 1.64. The first-order valence-electron chi connectivity index (χ1n) is 8.09. The Morgan fingerprint density at radius 2 is 1.91 bits per heavy atom. The Labute approximate surface area is 158 Å². The second-order valence-corrected chi connectivity index (χ2v) is 8.40. The van der Waals surface area contributed by atoms with Crippen molar-refractivity contribution in [3.8, 4) is 0 Å². The highest BCUT2D eigenvalue weighted by molar-refractivity contribution is 14.0. The maximum absolute atomic E-state index is 11.1. The van der Waals surface area contributed by atoms with Crippen molar-refractivity contribution in [3.05, 3.63) is 0 Å². The van der Waals surface area contributed by atoms with Crippen molar-refractivity contribution in [2.45, 2.75) is 40.0 Å². The van der Waals surface area contributed by atoms with Gasteiger partial charge < -0.3 is 15.7 Å². The number of hydrogen-bond acceptors (Lipinski definition) is 4. The highest BCUT2D eigenvalue weighted by Gasteiger charge is 2.10. The highest BCUT2D eigenvalue weighted by Crippen LogP contribution is 2.15. The van der Waals surface area contributed by atoms with Gasteiger partial charge in [0.15, 0.2) is 5.96 Å². The van der Waals surface area contributed by atoms with E-state index in [1.165, 1.54) is 6.26 Å².